The summed E-state index contributed by atoms with van der Waals surface area (Å²) in [6.45, 7) is 0. The highest BCUT2D eigenvalue weighted by molar-refractivity contribution is 6.06. The van der Waals surface area contributed by atoms with E-state index in [1.807, 2.05) is 36.4 Å². The number of furan rings is 2. The van der Waals surface area contributed by atoms with Gasteiger partial charge in [-0.2, -0.15) is 0 Å². The van der Waals surface area contributed by atoms with E-state index in [-0.39, 0.29) is 0 Å². The van der Waals surface area contributed by atoms with E-state index < -0.39 is 0 Å². The monoisotopic (exact) mass is 579 g/mol. The Bertz CT molecular complexity index is 2490. The predicted octanol–water partition coefficient (Wildman–Crippen LogP) is 11.1. The van der Waals surface area contributed by atoms with E-state index >= 15 is 0 Å². The quantitative estimate of drug-likeness (QED) is 0.203. The summed E-state index contributed by atoms with van der Waals surface area (Å²) in [5.41, 5.74) is 12.5. The molecule has 5 heteroatoms. The first-order chi connectivity index (χ1) is 22.3. The molecule has 9 aromatic rings. The van der Waals surface area contributed by atoms with E-state index in [0.29, 0.717) is 0 Å². The first-order valence-electron chi connectivity index (χ1n) is 14.9. The number of hydrogen-bond acceptors (Lipinski definition) is 5. The van der Waals surface area contributed by atoms with Gasteiger partial charge in [-0.25, -0.2) is 0 Å². The van der Waals surface area contributed by atoms with Crippen molar-refractivity contribution in [3.8, 4) is 22.3 Å². The maximum atomic E-state index is 6.26. The lowest BCUT2D eigenvalue weighted by molar-refractivity contribution is 0.667. The fraction of sp³-hybridized carbons (Fsp3) is 0. The van der Waals surface area contributed by atoms with Crippen LogP contribution in [0.15, 0.2) is 161 Å². The Balaban J connectivity index is 1.20. The standard InChI is InChI=1S/C40H25N3O2/c1-2-7-26(8-3-1)27-13-15-28(16-14-27)29-9-4-10-30(23-29)43(31-18-20-35-34(24-31)40-37(44-35)12-6-22-42-40)32-17-19-33-38(25-32)45-36-11-5-21-41-39(33)36/h1-25H. The lowest BCUT2D eigenvalue weighted by Crippen LogP contribution is -2.10. The van der Waals surface area contributed by atoms with E-state index in [1.54, 1.807) is 12.4 Å². The fourth-order valence-corrected chi connectivity index (χ4v) is 6.21. The molecule has 5 nitrogen and oxygen atoms in total. The third-order valence-electron chi connectivity index (χ3n) is 8.37. The van der Waals surface area contributed by atoms with Gasteiger partial charge >= 0.3 is 0 Å². The second kappa shape index (κ2) is 10.2. The Kier molecular flexibility index (Phi) is 5.74. The van der Waals surface area contributed by atoms with Crippen LogP contribution < -0.4 is 4.90 Å². The lowest BCUT2D eigenvalue weighted by atomic mass is 9.99. The molecule has 0 aliphatic heterocycles. The van der Waals surface area contributed by atoms with Crippen LogP contribution in [0.5, 0.6) is 0 Å². The van der Waals surface area contributed by atoms with Crippen LogP contribution in [0.2, 0.25) is 0 Å². The average molecular weight is 580 g/mol. The molecule has 0 N–H and O–H groups in total. The van der Waals surface area contributed by atoms with Gasteiger partial charge < -0.3 is 13.7 Å². The topological polar surface area (TPSA) is 55.3 Å². The zero-order valence-corrected chi connectivity index (χ0v) is 24.1. The molecule has 5 aromatic carbocycles. The summed E-state index contributed by atoms with van der Waals surface area (Å²) in [5.74, 6) is 0. The minimum absolute atomic E-state index is 0.772. The zero-order valence-electron chi connectivity index (χ0n) is 24.1. The van der Waals surface area contributed by atoms with Crippen LogP contribution in [0, 0.1) is 0 Å². The minimum atomic E-state index is 0.772. The molecule has 4 heterocycles. The normalized spacial score (nSPS) is 11.6. The van der Waals surface area contributed by atoms with Gasteiger partial charge in [-0.05, 0) is 89.0 Å². The molecule has 0 bridgehead atoms. The van der Waals surface area contributed by atoms with Crippen molar-refractivity contribution in [2.75, 3.05) is 4.90 Å². The predicted molar refractivity (Wildman–Crippen MR) is 182 cm³/mol. The van der Waals surface area contributed by atoms with Gasteiger partial charge in [0.1, 0.15) is 22.2 Å². The number of hydrogen-bond donors (Lipinski definition) is 0. The van der Waals surface area contributed by atoms with Gasteiger partial charge in [0.2, 0.25) is 0 Å². The number of nitrogens with zero attached hydrogens (tertiary/aromatic N) is 3. The molecule has 0 aliphatic carbocycles. The van der Waals surface area contributed by atoms with Crippen molar-refractivity contribution in [3.05, 3.63) is 152 Å². The largest absolute Gasteiger partial charge is 0.454 e. The second-order valence-corrected chi connectivity index (χ2v) is 11.1. The molecule has 0 saturated heterocycles. The number of benzene rings is 5. The van der Waals surface area contributed by atoms with Crippen LogP contribution in [0.3, 0.4) is 0 Å². The Morgan fingerprint density at radius 2 is 0.978 bits per heavy atom. The van der Waals surface area contributed by atoms with Crippen molar-refractivity contribution in [3.63, 3.8) is 0 Å². The molecular formula is C40H25N3O2. The Hall–Kier alpha value is -6.20. The van der Waals surface area contributed by atoms with E-state index in [9.17, 15) is 0 Å². The number of fused-ring (bicyclic) bond motifs is 6. The van der Waals surface area contributed by atoms with Gasteiger partial charge in [0, 0.05) is 46.3 Å². The number of aromatic nitrogens is 2. The van der Waals surface area contributed by atoms with E-state index in [2.05, 4.69) is 118 Å². The summed E-state index contributed by atoms with van der Waals surface area (Å²) in [5, 5.41) is 1.96. The molecule has 4 aromatic heterocycles. The molecule has 45 heavy (non-hydrogen) atoms. The van der Waals surface area contributed by atoms with Gasteiger partial charge in [-0.3, -0.25) is 9.97 Å². The second-order valence-electron chi connectivity index (χ2n) is 11.1. The molecule has 0 atom stereocenters. The van der Waals surface area contributed by atoms with Gasteiger partial charge in [0.25, 0.3) is 0 Å². The molecular weight excluding hydrogens is 554 g/mol. The van der Waals surface area contributed by atoms with Gasteiger partial charge in [-0.15, -0.1) is 0 Å². The van der Waals surface area contributed by atoms with Gasteiger partial charge in [-0.1, -0.05) is 66.7 Å². The first kappa shape index (κ1) is 25.3. The third kappa shape index (κ3) is 4.33. The fourth-order valence-electron chi connectivity index (χ4n) is 6.21. The Morgan fingerprint density at radius 3 is 1.76 bits per heavy atom. The molecule has 212 valence electrons. The Morgan fingerprint density at radius 1 is 0.378 bits per heavy atom. The first-order valence-corrected chi connectivity index (χ1v) is 14.9. The minimum Gasteiger partial charge on any atom is -0.454 e. The summed E-state index contributed by atoms with van der Waals surface area (Å²) in [6, 6.07) is 48.1. The van der Waals surface area contributed by atoms with Crippen LogP contribution in [-0.2, 0) is 0 Å². The van der Waals surface area contributed by atoms with Crippen LogP contribution in [0.1, 0.15) is 0 Å². The van der Waals surface area contributed by atoms with Crippen LogP contribution >= 0.6 is 0 Å². The number of rotatable bonds is 5. The maximum Gasteiger partial charge on any atom is 0.153 e. The average Bonchev–Trinajstić information content (AvgIpc) is 3.67. The molecule has 0 amide bonds. The van der Waals surface area contributed by atoms with Crippen LogP contribution in [0.4, 0.5) is 17.1 Å². The summed E-state index contributed by atoms with van der Waals surface area (Å²) in [6.07, 6.45) is 3.60. The van der Waals surface area contributed by atoms with E-state index in [0.717, 1.165) is 72.3 Å². The summed E-state index contributed by atoms with van der Waals surface area (Å²) in [4.78, 5) is 11.4. The summed E-state index contributed by atoms with van der Waals surface area (Å²) in [7, 11) is 0. The third-order valence-corrected chi connectivity index (χ3v) is 8.37. The van der Waals surface area contributed by atoms with Crippen molar-refractivity contribution in [1.29, 1.82) is 0 Å². The summed E-state index contributed by atoms with van der Waals surface area (Å²) < 4.78 is 12.4. The van der Waals surface area contributed by atoms with Crippen LogP contribution in [-0.4, -0.2) is 9.97 Å². The molecule has 0 unspecified atom stereocenters. The molecule has 0 aliphatic rings. The van der Waals surface area contributed by atoms with Crippen molar-refractivity contribution in [2.24, 2.45) is 0 Å². The molecule has 0 saturated carbocycles. The summed E-state index contributed by atoms with van der Waals surface area (Å²) >= 11 is 0. The highest BCUT2D eigenvalue weighted by Gasteiger charge is 2.18. The smallest absolute Gasteiger partial charge is 0.153 e. The molecule has 0 fully saturated rings. The molecule has 9 rings (SSSR count). The maximum absolute atomic E-state index is 6.26. The van der Waals surface area contributed by atoms with Gasteiger partial charge in [0.15, 0.2) is 11.2 Å². The van der Waals surface area contributed by atoms with Crippen molar-refractivity contribution >= 4 is 61.2 Å². The highest BCUT2D eigenvalue weighted by Crippen LogP contribution is 2.41. The number of pyridine rings is 2. The van der Waals surface area contributed by atoms with Crippen molar-refractivity contribution in [2.45, 2.75) is 0 Å². The SMILES string of the molecule is c1ccc(-c2ccc(-c3cccc(N(c4ccc5c(c4)oc4cccnc45)c4ccc5oc6cccnc6c5c4)c3)cc2)cc1. The lowest BCUT2D eigenvalue weighted by Gasteiger charge is -2.26. The van der Waals surface area contributed by atoms with E-state index in [4.69, 9.17) is 8.83 Å². The highest BCUT2D eigenvalue weighted by atomic mass is 16.3. The van der Waals surface area contributed by atoms with Crippen LogP contribution in [0.25, 0.3) is 66.4 Å². The zero-order chi connectivity index (χ0) is 29.7. The van der Waals surface area contributed by atoms with E-state index in [1.165, 1.54) is 11.1 Å². The van der Waals surface area contributed by atoms with Gasteiger partial charge in [0.05, 0.1) is 0 Å². The molecule has 0 radical (unpaired) electrons. The number of anilines is 3. The van der Waals surface area contributed by atoms with Crippen molar-refractivity contribution in [1.82, 2.24) is 9.97 Å². The Labute approximate surface area is 258 Å². The van der Waals surface area contributed by atoms with Crippen molar-refractivity contribution < 1.29 is 8.83 Å². The molecule has 0 spiro atoms.